The van der Waals surface area contributed by atoms with Crippen LogP contribution in [0, 0.1) is 11.8 Å². The Kier molecular flexibility index (Phi) is 4.42. The quantitative estimate of drug-likeness (QED) is 0.754. The SMILES string of the molecule is COc1ccc(CCCN2C(=O)C3CC3C2c2ccsc2)cc1OC. The van der Waals surface area contributed by atoms with Crippen molar-refractivity contribution in [2.24, 2.45) is 11.8 Å². The summed E-state index contributed by atoms with van der Waals surface area (Å²) in [5.41, 5.74) is 2.52. The molecule has 5 heteroatoms. The van der Waals surface area contributed by atoms with Gasteiger partial charge in [-0.1, -0.05) is 6.07 Å². The van der Waals surface area contributed by atoms with E-state index in [0.717, 1.165) is 37.3 Å². The molecule has 1 aliphatic heterocycles. The van der Waals surface area contributed by atoms with Crippen molar-refractivity contribution in [3.63, 3.8) is 0 Å². The molecule has 4 rings (SSSR count). The molecule has 0 bridgehead atoms. The summed E-state index contributed by atoms with van der Waals surface area (Å²) in [5.74, 6) is 2.69. The zero-order valence-corrected chi connectivity index (χ0v) is 15.4. The molecule has 1 amide bonds. The van der Waals surface area contributed by atoms with E-state index in [-0.39, 0.29) is 5.92 Å². The van der Waals surface area contributed by atoms with Crippen molar-refractivity contribution in [1.29, 1.82) is 0 Å². The van der Waals surface area contributed by atoms with Crippen LogP contribution in [0.2, 0.25) is 0 Å². The van der Waals surface area contributed by atoms with Crippen molar-refractivity contribution in [2.45, 2.75) is 25.3 Å². The highest BCUT2D eigenvalue weighted by Gasteiger charge is 2.58. The third-order valence-electron chi connectivity index (χ3n) is 5.38. The number of hydrogen-bond acceptors (Lipinski definition) is 4. The second-order valence-corrected chi connectivity index (χ2v) is 7.61. The first-order valence-corrected chi connectivity index (χ1v) is 9.70. The highest BCUT2D eigenvalue weighted by atomic mass is 32.1. The maximum Gasteiger partial charge on any atom is 0.226 e. The molecule has 2 aliphatic rings. The van der Waals surface area contributed by atoms with Crippen molar-refractivity contribution in [3.05, 3.63) is 46.2 Å². The number of carbonyl (C=O) groups excluding carboxylic acids is 1. The van der Waals surface area contributed by atoms with E-state index >= 15 is 0 Å². The number of likely N-dealkylation sites (tertiary alicyclic amines) is 1. The van der Waals surface area contributed by atoms with Gasteiger partial charge in [-0.25, -0.2) is 0 Å². The first kappa shape index (κ1) is 16.5. The van der Waals surface area contributed by atoms with E-state index in [9.17, 15) is 4.79 Å². The van der Waals surface area contributed by atoms with Gasteiger partial charge in [-0.15, -0.1) is 0 Å². The van der Waals surface area contributed by atoms with E-state index in [1.165, 1.54) is 11.1 Å². The van der Waals surface area contributed by atoms with Gasteiger partial charge in [-0.05, 0) is 65.3 Å². The second-order valence-electron chi connectivity index (χ2n) is 6.83. The molecule has 1 saturated heterocycles. The molecule has 2 fully saturated rings. The van der Waals surface area contributed by atoms with E-state index in [1.54, 1.807) is 25.6 Å². The minimum absolute atomic E-state index is 0.283. The molecule has 1 aliphatic carbocycles. The number of carbonyl (C=O) groups is 1. The lowest BCUT2D eigenvalue weighted by Gasteiger charge is -2.27. The van der Waals surface area contributed by atoms with Crippen LogP contribution in [0.4, 0.5) is 0 Å². The van der Waals surface area contributed by atoms with Crippen LogP contribution >= 0.6 is 11.3 Å². The molecule has 1 aromatic heterocycles. The third-order valence-corrected chi connectivity index (χ3v) is 6.08. The van der Waals surface area contributed by atoms with Gasteiger partial charge in [0, 0.05) is 12.5 Å². The molecule has 1 aromatic carbocycles. The summed E-state index contributed by atoms with van der Waals surface area (Å²) in [6.07, 6.45) is 2.96. The van der Waals surface area contributed by atoms with Crippen molar-refractivity contribution < 1.29 is 14.3 Å². The second kappa shape index (κ2) is 6.71. The number of amides is 1. The number of piperidine rings is 1. The smallest absolute Gasteiger partial charge is 0.226 e. The fraction of sp³-hybridized carbons (Fsp3) is 0.450. The minimum atomic E-state index is 0.283. The lowest BCUT2D eigenvalue weighted by atomic mass is 10.0. The van der Waals surface area contributed by atoms with Crippen LogP contribution in [-0.4, -0.2) is 31.6 Å². The number of rotatable bonds is 7. The lowest BCUT2D eigenvalue weighted by molar-refractivity contribution is -0.131. The van der Waals surface area contributed by atoms with Crippen LogP contribution in [0.15, 0.2) is 35.0 Å². The largest absolute Gasteiger partial charge is 0.493 e. The van der Waals surface area contributed by atoms with Gasteiger partial charge in [0.05, 0.1) is 20.3 Å². The summed E-state index contributed by atoms with van der Waals surface area (Å²) in [4.78, 5) is 14.7. The Morgan fingerprint density at radius 3 is 2.76 bits per heavy atom. The molecule has 1 saturated carbocycles. The highest BCUT2D eigenvalue weighted by molar-refractivity contribution is 7.08. The summed E-state index contributed by atoms with van der Waals surface area (Å²) in [6, 6.07) is 8.51. The van der Waals surface area contributed by atoms with E-state index in [2.05, 4.69) is 27.8 Å². The van der Waals surface area contributed by atoms with Crippen LogP contribution in [0.5, 0.6) is 11.5 Å². The maximum atomic E-state index is 12.6. The molecule has 25 heavy (non-hydrogen) atoms. The number of nitrogens with zero attached hydrogens (tertiary/aromatic N) is 1. The standard InChI is InChI=1S/C20H23NO3S/c1-23-17-6-5-13(10-18(17)24-2)4-3-8-21-19(14-7-9-25-12-14)15-11-16(15)20(21)22/h5-7,9-10,12,15-16,19H,3-4,8,11H2,1-2H3. The zero-order chi connectivity index (χ0) is 17.4. The van der Waals surface area contributed by atoms with Gasteiger partial charge in [0.25, 0.3) is 0 Å². The Balaban J connectivity index is 1.40. The van der Waals surface area contributed by atoms with Crippen LogP contribution < -0.4 is 9.47 Å². The molecular formula is C20H23NO3S. The summed E-state index contributed by atoms with van der Waals surface area (Å²) >= 11 is 1.71. The van der Waals surface area contributed by atoms with Gasteiger partial charge in [0.1, 0.15) is 0 Å². The first-order valence-electron chi connectivity index (χ1n) is 8.76. The Labute approximate surface area is 152 Å². The number of benzene rings is 1. The van der Waals surface area contributed by atoms with Crippen LogP contribution in [0.1, 0.15) is 30.0 Å². The van der Waals surface area contributed by atoms with Crippen LogP contribution in [-0.2, 0) is 11.2 Å². The van der Waals surface area contributed by atoms with E-state index < -0.39 is 0 Å². The average Bonchev–Trinajstić information content (AvgIpc) is 3.12. The number of methoxy groups -OCH3 is 2. The predicted octanol–water partition coefficient (Wildman–Crippen LogP) is 3.92. The Bertz CT molecular complexity index is 758. The number of thiophene rings is 1. The summed E-state index contributed by atoms with van der Waals surface area (Å²) < 4.78 is 10.7. The predicted molar refractivity (Wildman–Crippen MR) is 98.2 cm³/mol. The monoisotopic (exact) mass is 357 g/mol. The number of ether oxygens (including phenoxy) is 2. The van der Waals surface area contributed by atoms with Gasteiger partial charge >= 0.3 is 0 Å². The Morgan fingerprint density at radius 2 is 2.04 bits per heavy atom. The molecule has 3 atom stereocenters. The number of aryl methyl sites for hydroxylation is 1. The van der Waals surface area contributed by atoms with E-state index in [1.807, 2.05) is 12.1 Å². The van der Waals surface area contributed by atoms with E-state index in [4.69, 9.17) is 9.47 Å². The highest BCUT2D eigenvalue weighted by Crippen LogP contribution is 2.57. The van der Waals surface area contributed by atoms with Gasteiger partial charge in [0.15, 0.2) is 11.5 Å². The molecule has 4 nitrogen and oxygen atoms in total. The molecule has 0 spiro atoms. The fourth-order valence-electron chi connectivity index (χ4n) is 4.04. The summed E-state index contributed by atoms with van der Waals surface area (Å²) in [5, 5.41) is 4.30. The van der Waals surface area contributed by atoms with Gasteiger partial charge < -0.3 is 14.4 Å². The molecular weight excluding hydrogens is 334 g/mol. The number of fused-ring (bicyclic) bond motifs is 1. The third kappa shape index (κ3) is 3.01. The van der Waals surface area contributed by atoms with Crippen LogP contribution in [0.25, 0.3) is 0 Å². The minimum Gasteiger partial charge on any atom is -0.493 e. The Hall–Kier alpha value is -2.01. The normalized spacial score (nSPS) is 24.3. The molecule has 132 valence electrons. The van der Waals surface area contributed by atoms with Gasteiger partial charge in [0.2, 0.25) is 5.91 Å². The summed E-state index contributed by atoms with van der Waals surface area (Å²) in [6.45, 7) is 0.820. The summed E-state index contributed by atoms with van der Waals surface area (Å²) in [7, 11) is 3.30. The molecule has 0 N–H and O–H groups in total. The van der Waals surface area contributed by atoms with Crippen molar-refractivity contribution in [1.82, 2.24) is 4.90 Å². The van der Waals surface area contributed by atoms with Crippen molar-refractivity contribution in [2.75, 3.05) is 20.8 Å². The lowest BCUT2D eigenvalue weighted by Crippen LogP contribution is -2.32. The topological polar surface area (TPSA) is 38.8 Å². The molecule has 3 unspecified atom stereocenters. The first-order chi connectivity index (χ1) is 12.2. The molecule has 2 heterocycles. The molecule has 0 radical (unpaired) electrons. The Morgan fingerprint density at radius 1 is 1.20 bits per heavy atom. The van der Waals surface area contributed by atoms with Crippen LogP contribution in [0.3, 0.4) is 0 Å². The van der Waals surface area contributed by atoms with Crippen molar-refractivity contribution in [3.8, 4) is 11.5 Å². The van der Waals surface area contributed by atoms with Crippen molar-refractivity contribution >= 4 is 17.2 Å². The van der Waals surface area contributed by atoms with E-state index in [0.29, 0.717) is 17.9 Å². The maximum absolute atomic E-state index is 12.6. The molecule has 2 aromatic rings. The average molecular weight is 357 g/mol. The number of hydrogen-bond donors (Lipinski definition) is 0. The van der Waals surface area contributed by atoms with Gasteiger partial charge in [-0.2, -0.15) is 11.3 Å². The zero-order valence-electron chi connectivity index (χ0n) is 14.6. The fourth-order valence-corrected chi connectivity index (χ4v) is 4.73. The van der Waals surface area contributed by atoms with Gasteiger partial charge in [-0.3, -0.25) is 4.79 Å².